The van der Waals surface area contributed by atoms with Gasteiger partial charge in [0.15, 0.2) is 6.61 Å². The van der Waals surface area contributed by atoms with Crippen LogP contribution in [-0.4, -0.2) is 18.7 Å². The zero-order chi connectivity index (χ0) is 20.3. The number of amides is 1. The maximum atomic E-state index is 11.9. The molecular weight excluding hydrogens is 364 g/mol. The van der Waals surface area contributed by atoms with Crippen LogP contribution in [-0.2, 0) is 17.8 Å². The van der Waals surface area contributed by atoms with Crippen molar-refractivity contribution in [3.8, 4) is 11.5 Å². The first-order valence-electron chi connectivity index (χ1n) is 9.53. The Kier molecular flexibility index (Phi) is 7.41. The van der Waals surface area contributed by atoms with Gasteiger partial charge in [0, 0.05) is 0 Å². The van der Waals surface area contributed by atoms with E-state index in [4.69, 9.17) is 9.47 Å². The normalized spacial score (nSPS) is 10.7. The second-order valence-electron chi connectivity index (χ2n) is 6.43. The number of rotatable bonds is 9. The molecule has 0 aliphatic rings. The van der Waals surface area contributed by atoms with Gasteiger partial charge in [-0.3, -0.25) is 4.79 Å². The number of ether oxygens (including phenoxy) is 2. The Morgan fingerprint density at radius 2 is 1.69 bits per heavy atom. The summed E-state index contributed by atoms with van der Waals surface area (Å²) in [5.41, 5.74) is 5.62. The number of benzene rings is 3. The van der Waals surface area contributed by atoms with E-state index in [0.29, 0.717) is 12.4 Å². The average molecular weight is 388 g/mol. The first-order chi connectivity index (χ1) is 14.2. The SMILES string of the molecule is CCc1ccc(OCC(=O)NN=Cc2cccc(OCc3ccccc3)c2)cc1. The molecule has 29 heavy (non-hydrogen) atoms. The molecule has 5 heteroatoms. The van der Waals surface area contributed by atoms with Crippen LogP contribution in [0.2, 0.25) is 0 Å². The minimum Gasteiger partial charge on any atom is -0.489 e. The fraction of sp³-hybridized carbons (Fsp3) is 0.167. The highest BCUT2D eigenvalue weighted by molar-refractivity contribution is 5.83. The molecule has 0 bridgehead atoms. The van der Waals surface area contributed by atoms with Gasteiger partial charge >= 0.3 is 0 Å². The predicted molar refractivity (Wildman–Crippen MR) is 114 cm³/mol. The zero-order valence-electron chi connectivity index (χ0n) is 16.4. The van der Waals surface area contributed by atoms with Crippen molar-refractivity contribution in [2.45, 2.75) is 20.0 Å². The van der Waals surface area contributed by atoms with Crippen molar-refractivity contribution in [1.29, 1.82) is 0 Å². The second-order valence-corrected chi connectivity index (χ2v) is 6.43. The number of aryl methyl sites for hydroxylation is 1. The molecule has 0 radical (unpaired) electrons. The van der Waals surface area contributed by atoms with Gasteiger partial charge in [0.05, 0.1) is 6.21 Å². The van der Waals surface area contributed by atoms with Crippen molar-refractivity contribution in [2.24, 2.45) is 5.10 Å². The van der Waals surface area contributed by atoms with Crippen molar-refractivity contribution in [3.05, 3.63) is 95.6 Å². The topological polar surface area (TPSA) is 59.9 Å². The third-order valence-corrected chi connectivity index (χ3v) is 4.21. The maximum Gasteiger partial charge on any atom is 0.277 e. The fourth-order valence-corrected chi connectivity index (χ4v) is 2.61. The van der Waals surface area contributed by atoms with Gasteiger partial charge < -0.3 is 9.47 Å². The van der Waals surface area contributed by atoms with E-state index in [9.17, 15) is 4.79 Å². The molecule has 0 fully saturated rings. The zero-order valence-corrected chi connectivity index (χ0v) is 16.4. The standard InChI is InChI=1S/C24H24N2O3/c1-2-19-11-13-22(14-12-19)29-18-24(27)26-25-16-21-9-6-10-23(15-21)28-17-20-7-4-3-5-8-20/h3-16H,2,17-18H2,1H3,(H,26,27). The molecular formula is C24H24N2O3. The molecule has 148 valence electrons. The molecule has 1 amide bonds. The van der Waals surface area contributed by atoms with Crippen LogP contribution in [0.4, 0.5) is 0 Å². The summed E-state index contributed by atoms with van der Waals surface area (Å²) < 4.78 is 11.3. The molecule has 0 atom stereocenters. The molecule has 0 aliphatic heterocycles. The van der Waals surface area contributed by atoms with Crippen molar-refractivity contribution >= 4 is 12.1 Å². The van der Waals surface area contributed by atoms with Gasteiger partial charge in [-0.15, -0.1) is 0 Å². The summed E-state index contributed by atoms with van der Waals surface area (Å²) in [7, 11) is 0. The molecule has 0 saturated carbocycles. The van der Waals surface area contributed by atoms with Gasteiger partial charge in [0.1, 0.15) is 18.1 Å². The van der Waals surface area contributed by atoms with E-state index in [-0.39, 0.29) is 12.5 Å². The van der Waals surface area contributed by atoms with Crippen LogP contribution < -0.4 is 14.9 Å². The first kappa shape index (κ1) is 20.1. The lowest BCUT2D eigenvalue weighted by Gasteiger charge is -2.07. The number of hydrogen-bond acceptors (Lipinski definition) is 4. The minimum absolute atomic E-state index is 0.0942. The summed E-state index contributed by atoms with van der Waals surface area (Å²) >= 11 is 0. The van der Waals surface area contributed by atoms with Crippen LogP contribution in [0, 0.1) is 0 Å². The Balaban J connectivity index is 1.44. The quantitative estimate of drug-likeness (QED) is 0.438. The van der Waals surface area contributed by atoms with Crippen LogP contribution in [0.3, 0.4) is 0 Å². The smallest absolute Gasteiger partial charge is 0.277 e. The largest absolute Gasteiger partial charge is 0.489 e. The summed E-state index contributed by atoms with van der Waals surface area (Å²) in [6.07, 6.45) is 2.54. The molecule has 3 aromatic carbocycles. The van der Waals surface area contributed by atoms with E-state index in [1.54, 1.807) is 6.21 Å². The lowest BCUT2D eigenvalue weighted by Crippen LogP contribution is -2.24. The van der Waals surface area contributed by atoms with Crippen LogP contribution in [0.1, 0.15) is 23.6 Å². The van der Waals surface area contributed by atoms with E-state index in [0.717, 1.165) is 23.3 Å². The Morgan fingerprint density at radius 3 is 2.45 bits per heavy atom. The maximum absolute atomic E-state index is 11.9. The van der Waals surface area contributed by atoms with E-state index in [2.05, 4.69) is 17.5 Å². The minimum atomic E-state index is -0.322. The lowest BCUT2D eigenvalue weighted by molar-refractivity contribution is -0.123. The molecule has 0 aliphatic carbocycles. The molecule has 5 nitrogen and oxygen atoms in total. The summed E-state index contributed by atoms with van der Waals surface area (Å²) in [6.45, 7) is 2.49. The fourth-order valence-electron chi connectivity index (χ4n) is 2.61. The van der Waals surface area contributed by atoms with Crippen LogP contribution in [0.25, 0.3) is 0 Å². The Bertz CT molecular complexity index is 938. The third kappa shape index (κ3) is 6.81. The molecule has 1 N–H and O–H groups in total. The van der Waals surface area contributed by atoms with Gasteiger partial charge in [-0.2, -0.15) is 5.10 Å². The summed E-state index contributed by atoms with van der Waals surface area (Å²) in [5.74, 6) is 1.07. The van der Waals surface area contributed by atoms with Gasteiger partial charge in [0.2, 0.25) is 0 Å². The number of nitrogens with one attached hydrogen (secondary N) is 1. The highest BCUT2D eigenvalue weighted by Crippen LogP contribution is 2.14. The van der Waals surface area contributed by atoms with Crippen LogP contribution in [0.5, 0.6) is 11.5 Å². The van der Waals surface area contributed by atoms with Crippen molar-refractivity contribution in [2.75, 3.05) is 6.61 Å². The Hall–Kier alpha value is -3.60. The molecule has 0 saturated heterocycles. The molecule has 0 heterocycles. The Labute approximate surface area is 171 Å². The highest BCUT2D eigenvalue weighted by atomic mass is 16.5. The Morgan fingerprint density at radius 1 is 0.897 bits per heavy atom. The predicted octanol–water partition coefficient (Wildman–Crippen LogP) is 4.36. The number of carbonyl (C=O) groups excluding carboxylic acids is 1. The molecule has 3 rings (SSSR count). The van der Waals surface area contributed by atoms with E-state index >= 15 is 0 Å². The molecule has 0 unspecified atom stereocenters. The van der Waals surface area contributed by atoms with Crippen LogP contribution >= 0.6 is 0 Å². The third-order valence-electron chi connectivity index (χ3n) is 4.21. The van der Waals surface area contributed by atoms with Gasteiger partial charge in [-0.1, -0.05) is 61.5 Å². The van der Waals surface area contributed by atoms with Gasteiger partial charge in [0.25, 0.3) is 5.91 Å². The van der Waals surface area contributed by atoms with E-state index in [1.807, 2.05) is 78.9 Å². The van der Waals surface area contributed by atoms with Crippen LogP contribution in [0.15, 0.2) is 84.0 Å². The summed E-state index contributed by atoms with van der Waals surface area (Å²) in [4.78, 5) is 11.9. The molecule has 0 aromatic heterocycles. The average Bonchev–Trinajstić information content (AvgIpc) is 2.78. The van der Waals surface area contributed by atoms with Crippen molar-refractivity contribution in [3.63, 3.8) is 0 Å². The monoisotopic (exact) mass is 388 g/mol. The highest BCUT2D eigenvalue weighted by Gasteiger charge is 2.02. The number of nitrogens with zero attached hydrogens (tertiary/aromatic N) is 1. The lowest BCUT2D eigenvalue weighted by atomic mass is 10.2. The number of hydrogen-bond donors (Lipinski definition) is 1. The number of carbonyl (C=O) groups is 1. The summed E-state index contributed by atoms with van der Waals surface area (Å²) in [6, 6.07) is 25.2. The second kappa shape index (κ2) is 10.7. The number of hydrazone groups is 1. The summed E-state index contributed by atoms with van der Waals surface area (Å²) in [5, 5.41) is 3.98. The van der Waals surface area contributed by atoms with Gasteiger partial charge in [-0.25, -0.2) is 5.43 Å². The molecule has 3 aromatic rings. The van der Waals surface area contributed by atoms with E-state index < -0.39 is 0 Å². The van der Waals surface area contributed by atoms with E-state index in [1.165, 1.54) is 5.56 Å². The van der Waals surface area contributed by atoms with Gasteiger partial charge in [-0.05, 0) is 47.4 Å². The first-order valence-corrected chi connectivity index (χ1v) is 9.53. The molecule has 0 spiro atoms. The van der Waals surface area contributed by atoms with Crippen molar-refractivity contribution < 1.29 is 14.3 Å². The van der Waals surface area contributed by atoms with Crippen molar-refractivity contribution in [1.82, 2.24) is 5.43 Å².